The van der Waals surface area contributed by atoms with Gasteiger partial charge in [-0.25, -0.2) is 4.39 Å². The lowest BCUT2D eigenvalue weighted by molar-refractivity contribution is 0.173. The molecule has 0 saturated carbocycles. The molecule has 1 aliphatic heterocycles. The van der Waals surface area contributed by atoms with Gasteiger partial charge in [-0.1, -0.05) is 12.1 Å². The summed E-state index contributed by atoms with van der Waals surface area (Å²) in [5.74, 6) is -0.143. The summed E-state index contributed by atoms with van der Waals surface area (Å²) in [6.45, 7) is 5.24. The summed E-state index contributed by atoms with van der Waals surface area (Å²) >= 11 is 0. The third-order valence-corrected chi connectivity index (χ3v) is 3.60. The summed E-state index contributed by atoms with van der Waals surface area (Å²) in [7, 11) is 0. The SMILES string of the molecule is CC1(N)CCN(CCc2cccc(F)c2)CC1. The average Bonchev–Trinajstić information content (AvgIpc) is 2.28. The molecule has 1 fully saturated rings. The number of piperidine rings is 1. The second-order valence-electron chi connectivity index (χ2n) is 5.38. The molecule has 1 heterocycles. The first-order chi connectivity index (χ1) is 8.05. The van der Waals surface area contributed by atoms with Crippen LogP contribution in [0.3, 0.4) is 0 Å². The molecule has 0 spiro atoms. The molecule has 1 aromatic rings. The molecular weight excluding hydrogens is 215 g/mol. The van der Waals surface area contributed by atoms with Crippen LogP contribution in [-0.2, 0) is 6.42 Å². The highest BCUT2D eigenvalue weighted by Gasteiger charge is 2.25. The summed E-state index contributed by atoms with van der Waals surface area (Å²) in [4.78, 5) is 2.42. The zero-order valence-electron chi connectivity index (χ0n) is 10.5. The zero-order valence-corrected chi connectivity index (χ0v) is 10.5. The zero-order chi connectivity index (χ0) is 12.3. The van der Waals surface area contributed by atoms with E-state index in [4.69, 9.17) is 5.73 Å². The fourth-order valence-corrected chi connectivity index (χ4v) is 2.27. The van der Waals surface area contributed by atoms with Gasteiger partial charge in [-0.05, 0) is 57.0 Å². The van der Waals surface area contributed by atoms with E-state index in [-0.39, 0.29) is 11.4 Å². The van der Waals surface area contributed by atoms with Gasteiger partial charge in [0, 0.05) is 12.1 Å². The van der Waals surface area contributed by atoms with Crippen molar-refractivity contribution in [2.75, 3.05) is 19.6 Å². The topological polar surface area (TPSA) is 29.3 Å². The number of benzene rings is 1. The summed E-state index contributed by atoms with van der Waals surface area (Å²) in [5.41, 5.74) is 7.18. The van der Waals surface area contributed by atoms with E-state index in [0.29, 0.717) is 0 Å². The van der Waals surface area contributed by atoms with Crippen LogP contribution in [0.1, 0.15) is 25.3 Å². The van der Waals surface area contributed by atoms with E-state index in [9.17, 15) is 4.39 Å². The fourth-order valence-electron chi connectivity index (χ4n) is 2.27. The van der Waals surface area contributed by atoms with E-state index in [1.807, 2.05) is 6.07 Å². The third-order valence-electron chi connectivity index (χ3n) is 3.60. The van der Waals surface area contributed by atoms with Gasteiger partial charge < -0.3 is 10.6 Å². The minimum atomic E-state index is -0.143. The largest absolute Gasteiger partial charge is 0.325 e. The minimum absolute atomic E-state index is 0.00928. The Hall–Kier alpha value is -0.930. The number of nitrogens with zero attached hydrogens (tertiary/aromatic N) is 1. The molecule has 1 aliphatic rings. The number of halogens is 1. The summed E-state index contributed by atoms with van der Waals surface area (Å²) in [6, 6.07) is 6.87. The monoisotopic (exact) mass is 236 g/mol. The lowest BCUT2D eigenvalue weighted by Crippen LogP contribution is -2.48. The molecule has 0 atom stereocenters. The predicted octanol–water partition coefficient (Wildman–Crippen LogP) is 2.18. The maximum atomic E-state index is 13.0. The Bertz CT molecular complexity index is 366. The van der Waals surface area contributed by atoms with Crippen LogP contribution in [0.15, 0.2) is 24.3 Å². The second kappa shape index (κ2) is 5.15. The van der Waals surface area contributed by atoms with Gasteiger partial charge in [0.15, 0.2) is 0 Å². The smallest absolute Gasteiger partial charge is 0.123 e. The van der Waals surface area contributed by atoms with Crippen molar-refractivity contribution in [3.63, 3.8) is 0 Å². The van der Waals surface area contributed by atoms with Crippen LogP contribution < -0.4 is 5.73 Å². The van der Waals surface area contributed by atoms with Crippen molar-refractivity contribution in [3.05, 3.63) is 35.6 Å². The summed E-state index contributed by atoms with van der Waals surface area (Å²) < 4.78 is 13.0. The molecule has 0 amide bonds. The molecule has 0 bridgehead atoms. The molecule has 2 rings (SSSR count). The first-order valence-electron chi connectivity index (χ1n) is 6.31. The van der Waals surface area contributed by atoms with Crippen molar-refractivity contribution in [2.45, 2.75) is 31.7 Å². The van der Waals surface area contributed by atoms with Crippen LogP contribution in [-0.4, -0.2) is 30.1 Å². The second-order valence-corrected chi connectivity index (χ2v) is 5.38. The van der Waals surface area contributed by atoms with E-state index in [1.165, 1.54) is 6.07 Å². The van der Waals surface area contributed by atoms with Crippen LogP contribution in [0.4, 0.5) is 4.39 Å². The normalized spacial score (nSPS) is 20.4. The molecule has 0 aromatic heterocycles. The van der Waals surface area contributed by atoms with Gasteiger partial charge in [0.25, 0.3) is 0 Å². The van der Waals surface area contributed by atoms with Gasteiger partial charge in [-0.2, -0.15) is 0 Å². The molecule has 0 unspecified atom stereocenters. The number of likely N-dealkylation sites (tertiary alicyclic amines) is 1. The van der Waals surface area contributed by atoms with Crippen LogP contribution >= 0.6 is 0 Å². The van der Waals surface area contributed by atoms with Gasteiger partial charge in [0.1, 0.15) is 5.82 Å². The van der Waals surface area contributed by atoms with Gasteiger partial charge in [-0.15, -0.1) is 0 Å². The standard InChI is InChI=1S/C14H21FN2/c1-14(16)6-9-17(10-7-14)8-5-12-3-2-4-13(15)11-12/h2-4,11H,5-10,16H2,1H3. The van der Waals surface area contributed by atoms with Crippen molar-refractivity contribution < 1.29 is 4.39 Å². The van der Waals surface area contributed by atoms with Crippen molar-refractivity contribution >= 4 is 0 Å². The van der Waals surface area contributed by atoms with E-state index >= 15 is 0 Å². The third kappa shape index (κ3) is 3.79. The molecule has 1 aromatic carbocycles. The van der Waals surface area contributed by atoms with E-state index in [0.717, 1.165) is 44.5 Å². The van der Waals surface area contributed by atoms with Crippen LogP contribution in [0.5, 0.6) is 0 Å². The van der Waals surface area contributed by atoms with Crippen molar-refractivity contribution in [3.8, 4) is 0 Å². The van der Waals surface area contributed by atoms with Crippen molar-refractivity contribution in [2.24, 2.45) is 5.73 Å². The Labute approximate surface area is 103 Å². The van der Waals surface area contributed by atoms with Crippen LogP contribution in [0.25, 0.3) is 0 Å². The molecule has 0 aliphatic carbocycles. The molecule has 1 saturated heterocycles. The Kier molecular flexibility index (Phi) is 3.79. The van der Waals surface area contributed by atoms with Gasteiger partial charge in [-0.3, -0.25) is 0 Å². The average molecular weight is 236 g/mol. The summed E-state index contributed by atoms with van der Waals surface area (Å²) in [5, 5.41) is 0. The van der Waals surface area contributed by atoms with Crippen LogP contribution in [0.2, 0.25) is 0 Å². The highest BCUT2D eigenvalue weighted by molar-refractivity contribution is 5.16. The molecule has 17 heavy (non-hydrogen) atoms. The Morgan fingerprint density at radius 3 is 2.71 bits per heavy atom. The quantitative estimate of drug-likeness (QED) is 0.871. The highest BCUT2D eigenvalue weighted by atomic mass is 19.1. The minimum Gasteiger partial charge on any atom is -0.325 e. The fraction of sp³-hybridized carbons (Fsp3) is 0.571. The summed E-state index contributed by atoms with van der Waals surface area (Å²) in [6.07, 6.45) is 3.02. The molecule has 2 N–H and O–H groups in total. The Balaban J connectivity index is 1.80. The molecule has 2 nitrogen and oxygen atoms in total. The first-order valence-corrected chi connectivity index (χ1v) is 6.31. The molecule has 3 heteroatoms. The van der Waals surface area contributed by atoms with E-state index in [1.54, 1.807) is 12.1 Å². The predicted molar refractivity (Wildman–Crippen MR) is 68.4 cm³/mol. The van der Waals surface area contributed by atoms with E-state index in [2.05, 4.69) is 11.8 Å². The van der Waals surface area contributed by atoms with Crippen molar-refractivity contribution in [1.82, 2.24) is 4.90 Å². The Morgan fingerprint density at radius 1 is 1.35 bits per heavy atom. The number of rotatable bonds is 3. The van der Waals surface area contributed by atoms with Crippen LogP contribution in [0, 0.1) is 5.82 Å². The molecule has 0 radical (unpaired) electrons. The number of hydrogen-bond acceptors (Lipinski definition) is 2. The maximum absolute atomic E-state index is 13.0. The van der Waals surface area contributed by atoms with Crippen molar-refractivity contribution in [1.29, 1.82) is 0 Å². The molecular formula is C14H21FN2. The number of hydrogen-bond donors (Lipinski definition) is 1. The molecule has 94 valence electrons. The lowest BCUT2D eigenvalue weighted by Gasteiger charge is -2.36. The lowest BCUT2D eigenvalue weighted by atomic mass is 9.91. The van der Waals surface area contributed by atoms with Gasteiger partial charge >= 0.3 is 0 Å². The maximum Gasteiger partial charge on any atom is 0.123 e. The Morgan fingerprint density at radius 2 is 2.06 bits per heavy atom. The first kappa shape index (κ1) is 12.5. The van der Waals surface area contributed by atoms with Gasteiger partial charge in [0.05, 0.1) is 0 Å². The van der Waals surface area contributed by atoms with E-state index < -0.39 is 0 Å². The highest BCUT2D eigenvalue weighted by Crippen LogP contribution is 2.18. The van der Waals surface area contributed by atoms with Gasteiger partial charge in [0.2, 0.25) is 0 Å². The number of nitrogens with two attached hydrogens (primary N) is 1.